The molecule has 0 bridgehead atoms. The minimum Gasteiger partial charge on any atom is -0.311 e. The van der Waals surface area contributed by atoms with Crippen LogP contribution in [-0.4, -0.2) is 29.3 Å². The summed E-state index contributed by atoms with van der Waals surface area (Å²) in [5.74, 6) is -1.41. The lowest BCUT2D eigenvalue weighted by molar-refractivity contribution is -0.138. The molecular weight excluding hydrogens is 349 g/mol. The van der Waals surface area contributed by atoms with Gasteiger partial charge in [0.2, 0.25) is 5.54 Å². The highest BCUT2D eigenvalue weighted by atomic mass is 19.1. The highest BCUT2D eigenvalue weighted by molar-refractivity contribution is 6.27. The smallest absolute Gasteiger partial charge is 0.311 e. The zero-order valence-electron chi connectivity index (χ0n) is 14.7. The Kier molecular flexibility index (Phi) is 3.95. The zero-order valence-corrected chi connectivity index (χ0v) is 14.7. The van der Waals surface area contributed by atoms with Crippen LogP contribution in [0.15, 0.2) is 48.5 Å². The van der Waals surface area contributed by atoms with Gasteiger partial charge in [0.05, 0.1) is 12.2 Å². The van der Waals surface area contributed by atoms with Gasteiger partial charge >= 0.3 is 6.03 Å². The number of carbonyl (C=O) groups is 3. The van der Waals surface area contributed by atoms with Crippen LogP contribution in [0.25, 0.3) is 0 Å². The van der Waals surface area contributed by atoms with E-state index in [0.717, 1.165) is 10.5 Å². The second kappa shape index (κ2) is 6.19. The summed E-state index contributed by atoms with van der Waals surface area (Å²) in [6.07, 6.45) is 0.602. The molecular formula is C20H18FN3O3. The average molecular weight is 367 g/mol. The molecule has 2 aliphatic rings. The molecule has 0 saturated carbocycles. The summed E-state index contributed by atoms with van der Waals surface area (Å²) in [7, 11) is 0. The van der Waals surface area contributed by atoms with E-state index in [1.54, 1.807) is 36.4 Å². The summed E-state index contributed by atoms with van der Waals surface area (Å²) in [5, 5.41) is 2.63. The van der Waals surface area contributed by atoms with Gasteiger partial charge in [0.1, 0.15) is 5.82 Å². The zero-order chi connectivity index (χ0) is 19.2. The van der Waals surface area contributed by atoms with Gasteiger partial charge in [-0.3, -0.25) is 14.5 Å². The van der Waals surface area contributed by atoms with Crippen molar-refractivity contribution >= 4 is 23.5 Å². The van der Waals surface area contributed by atoms with E-state index in [2.05, 4.69) is 5.32 Å². The van der Waals surface area contributed by atoms with Gasteiger partial charge in [0.25, 0.3) is 11.8 Å². The molecule has 4 rings (SSSR count). The van der Waals surface area contributed by atoms with Crippen molar-refractivity contribution in [2.45, 2.75) is 25.4 Å². The number of imide groups is 1. The van der Waals surface area contributed by atoms with Crippen LogP contribution in [0.3, 0.4) is 0 Å². The Hall–Kier alpha value is -3.22. The van der Waals surface area contributed by atoms with E-state index in [1.807, 2.05) is 6.92 Å². The van der Waals surface area contributed by atoms with Crippen LogP contribution in [0.1, 0.15) is 24.5 Å². The molecule has 1 fully saturated rings. The second-order valence-electron chi connectivity index (χ2n) is 6.67. The fourth-order valence-corrected chi connectivity index (χ4v) is 3.71. The third kappa shape index (κ3) is 2.42. The van der Waals surface area contributed by atoms with Gasteiger partial charge in [0.15, 0.2) is 0 Å². The number of benzene rings is 2. The van der Waals surface area contributed by atoms with Crippen LogP contribution in [0.5, 0.6) is 0 Å². The van der Waals surface area contributed by atoms with E-state index in [-0.39, 0.29) is 18.9 Å². The number of urea groups is 1. The molecule has 1 spiro atoms. The lowest BCUT2D eigenvalue weighted by atomic mass is 9.91. The molecule has 27 heavy (non-hydrogen) atoms. The van der Waals surface area contributed by atoms with E-state index in [0.29, 0.717) is 17.7 Å². The van der Waals surface area contributed by atoms with E-state index in [1.165, 1.54) is 17.0 Å². The van der Waals surface area contributed by atoms with E-state index >= 15 is 0 Å². The number of nitrogens with one attached hydrogen (secondary N) is 1. The Morgan fingerprint density at radius 2 is 1.63 bits per heavy atom. The third-order valence-electron chi connectivity index (χ3n) is 4.97. The highest BCUT2D eigenvalue weighted by Crippen LogP contribution is 2.44. The molecule has 1 saturated heterocycles. The standard InChI is InChI=1S/C20H18FN3O3/c1-2-11-23-17(25)20(22-19(23)27)15-5-3-4-6-16(15)24(18(20)26)12-13-7-9-14(21)10-8-13/h3-10H,2,11-12H2,1H3,(H,22,27). The quantitative estimate of drug-likeness (QED) is 0.667. The summed E-state index contributed by atoms with van der Waals surface area (Å²) in [6, 6.07) is 12.2. The molecule has 1 unspecified atom stereocenters. The molecule has 2 aromatic carbocycles. The molecule has 2 aromatic rings. The van der Waals surface area contributed by atoms with Crippen LogP contribution in [-0.2, 0) is 21.7 Å². The number of nitrogens with zero attached hydrogens (tertiary/aromatic N) is 2. The van der Waals surface area contributed by atoms with E-state index < -0.39 is 23.4 Å². The molecule has 7 heteroatoms. The molecule has 2 heterocycles. The molecule has 0 radical (unpaired) electrons. The molecule has 6 nitrogen and oxygen atoms in total. The van der Waals surface area contributed by atoms with Gasteiger partial charge < -0.3 is 10.2 Å². The molecule has 4 amide bonds. The topological polar surface area (TPSA) is 69.7 Å². The molecule has 1 atom stereocenters. The first-order valence-corrected chi connectivity index (χ1v) is 8.79. The van der Waals surface area contributed by atoms with Gasteiger partial charge in [-0.2, -0.15) is 0 Å². The SMILES string of the molecule is CCCN1C(=O)NC2(C1=O)C(=O)N(Cc1ccc(F)cc1)c1ccccc12. The van der Waals surface area contributed by atoms with Crippen molar-refractivity contribution in [3.8, 4) is 0 Å². The van der Waals surface area contributed by atoms with E-state index in [4.69, 9.17) is 0 Å². The minimum absolute atomic E-state index is 0.175. The lowest BCUT2D eigenvalue weighted by Gasteiger charge is -2.22. The van der Waals surface area contributed by atoms with Crippen molar-refractivity contribution in [3.05, 3.63) is 65.5 Å². The fraction of sp³-hybridized carbons (Fsp3) is 0.250. The first-order valence-electron chi connectivity index (χ1n) is 8.79. The van der Waals surface area contributed by atoms with Crippen molar-refractivity contribution in [2.24, 2.45) is 0 Å². The monoisotopic (exact) mass is 367 g/mol. The van der Waals surface area contributed by atoms with E-state index in [9.17, 15) is 18.8 Å². The van der Waals surface area contributed by atoms with Crippen molar-refractivity contribution in [3.63, 3.8) is 0 Å². The summed E-state index contributed by atoms with van der Waals surface area (Å²) in [4.78, 5) is 41.4. The largest absolute Gasteiger partial charge is 0.325 e. The number of carbonyl (C=O) groups excluding carboxylic acids is 3. The van der Waals surface area contributed by atoms with Crippen molar-refractivity contribution in [1.82, 2.24) is 10.2 Å². The number of hydrogen-bond donors (Lipinski definition) is 1. The van der Waals surface area contributed by atoms with Crippen molar-refractivity contribution < 1.29 is 18.8 Å². The maximum atomic E-state index is 13.4. The maximum Gasteiger partial charge on any atom is 0.325 e. The summed E-state index contributed by atoms with van der Waals surface area (Å²) in [5.41, 5.74) is 0.0368. The normalized spacial score (nSPS) is 21.2. The molecule has 0 aromatic heterocycles. The van der Waals surface area contributed by atoms with Gasteiger partial charge in [0, 0.05) is 12.1 Å². The maximum absolute atomic E-state index is 13.4. The van der Waals surface area contributed by atoms with Crippen LogP contribution < -0.4 is 10.2 Å². The minimum atomic E-state index is -1.72. The Balaban J connectivity index is 1.77. The highest BCUT2D eigenvalue weighted by Gasteiger charge is 2.63. The molecule has 2 aliphatic heterocycles. The Labute approximate surface area is 155 Å². The number of hydrogen-bond acceptors (Lipinski definition) is 3. The number of amides is 4. The first kappa shape index (κ1) is 17.2. The van der Waals surface area contributed by atoms with Crippen molar-refractivity contribution in [2.75, 3.05) is 11.4 Å². The lowest BCUT2D eigenvalue weighted by Crippen LogP contribution is -2.52. The molecule has 138 valence electrons. The second-order valence-corrected chi connectivity index (χ2v) is 6.67. The summed E-state index contributed by atoms with van der Waals surface area (Å²) in [6.45, 7) is 2.28. The van der Waals surface area contributed by atoms with Gasteiger partial charge in [-0.05, 0) is 30.2 Å². The van der Waals surface area contributed by atoms with Gasteiger partial charge in [-0.25, -0.2) is 9.18 Å². The van der Waals surface area contributed by atoms with Crippen LogP contribution in [0.4, 0.5) is 14.9 Å². The third-order valence-corrected chi connectivity index (χ3v) is 4.97. The Morgan fingerprint density at radius 1 is 0.963 bits per heavy atom. The average Bonchev–Trinajstić information content (AvgIpc) is 3.05. The fourth-order valence-electron chi connectivity index (χ4n) is 3.71. The predicted molar refractivity (Wildman–Crippen MR) is 96.2 cm³/mol. The summed E-state index contributed by atoms with van der Waals surface area (Å²) < 4.78 is 13.2. The number of fused-ring (bicyclic) bond motifs is 2. The Bertz CT molecular complexity index is 944. The van der Waals surface area contributed by atoms with Gasteiger partial charge in [-0.15, -0.1) is 0 Å². The summed E-state index contributed by atoms with van der Waals surface area (Å²) >= 11 is 0. The number of para-hydroxylation sites is 1. The van der Waals surface area contributed by atoms with Crippen LogP contribution >= 0.6 is 0 Å². The van der Waals surface area contributed by atoms with Crippen LogP contribution in [0.2, 0.25) is 0 Å². The number of rotatable bonds is 4. The Morgan fingerprint density at radius 3 is 2.33 bits per heavy atom. The predicted octanol–water partition coefficient (Wildman–Crippen LogP) is 2.53. The van der Waals surface area contributed by atoms with Crippen LogP contribution in [0, 0.1) is 5.82 Å². The first-order chi connectivity index (χ1) is 13.0. The molecule has 0 aliphatic carbocycles. The number of anilines is 1. The van der Waals surface area contributed by atoms with Crippen molar-refractivity contribution in [1.29, 1.82) is 0 Å². The number of halogens is 1. The molecule has 1 N–H and O–H groups in total. The van der Waals surface area contributed by atoms with Gasteiger partial charge in [-0.1, -0.05) is 37.3 Å².